The van der Waals surface area contributed by atoms with Crippen molar-refractivity contribution in [2.75, 3.05) is 23.0 Å². The van der Waals surface area contributed by atoms with Crippen LogP contribution in [0.2, 0.25) is 0 Å². The van der Waals surface area contributed by atoms with Crippen molar-refractivity contribution in [1.82, 2.24) is 0 Å². The topological polar surface area (TPSA) is 60.2 Å². The number of hydrogen-bond donors (Lipinski definition) is 1. The minimum Gasteiger partial charge on any atom is -0.398 e. The molecule has 0 saturated heterocycles. The summed E-state index contributed by atoms with van der Waals surface area (Å²) >= 11 is 5.00. The Bertz CT molecular complexity index is 474. The second kappa shape index (κ2) is 6.66. The van der Waals surface area contributed by atoms with E-state index in [0.29, 0.717) is 12.1 Å². The van der Waals surface area contributed by atoms with Crippen molar-refractivity contribution in [3.05, 3.63) is 22.7 Å². The molecule has 1 aromatic carbocycles. The van der Waals surface area contributed by atoms with Gasteiger partial charge in [-0.25, -0.2) is 8.42 Å². The van der Waals surface area contributed by atoms with Crippen LogP contribution in [0.25, 0.3) is 0 Å². The molecule has 1 aromatic rings. The summed E-state index contributed by atoms with van der Waals surface area (Å²) < 4.78 is 24.8. The minimum atomic E-state index is -3.26. The Morgan fingerprint density at radius 2 is 2.12 bits per heavy atom. The highest BCUT2D eigenvalue weighted by Crippen LogP contribution is 2.24. The third-order valence-corrected chi connectivity index (χ3v) is 5.55. The number of hydrogen-bond acceptors (Lipinski definition) is 4. The SMILES string of the molecule is CCSCCCS(=O)(=O)c1cc(Br)ccc1N. The normalized spacial score (nSPS) is 11.6. The van der Waals surface area contributed by atoms with Crippen LogP contribution in [0.5, 0.6) is 0 Å². The monoisotopic (exact) mass is 337 g/mol. The molecule has 0 aromatic heterocycles. The molecule has 3 nitrogen and oxygen atoms in total. The molecule has 0 unspecified atom stereocenters. The van der Waals surface area contributed by atoms with Crippen LogP contribution in [0.15, 0.2) is 27.6 Å². The van der Waals surface area contributed by atoms with Gasteiger partial charge in [0.1, 0.15) is 0 Å². The zero-order valence-corrected chi connectivity index (χ0v) is 12.9. The predicted octanol–water partition coefficient (Wildman–Crippen LogP) is 2.95. The highest BCUT2D eigenvalue weighted by atomic mass is 79.9. The van der Waals surface area contributed by atoms with Gasteiger partial charge in [-0.15, -0.1) is 0 Å². The van der Waals surface area contributed by atoms with E-state index < -0.39 is 9.84 Å². The number of anilines is 1. The van der Waals surface area contributed by atoms with E-state index in [-0.39, 0.29) is 10.6 Å². The number of halogens is 1. The van der Waals surface area contributed by atoms with Crippen LogP contribution in [0, 0.1) is 0 Å². The summed E-state index contributed by atoms with van der Waals surface area (Å²) in [6.45, 7) is 2.06. The first-order chi connectivity index (χ1) is 7.97. The molecule has 0 aliphatic rings. The fraction of sp³-hybridized carbons (Fsp3) is 0.455. The summed E-state index contributed by atoms with van der Waals surface area (Å²) in [5.41, 5.74) is 6.02. The van der Waals surface area contributed by atoms with Crippen molar-refractivity contribution in [1.29, 1.82) is 0 Å². The maximum Gasteiger partial charge on any atom is 0.180 e. The number of rotatable bonds is 6. The van der Waals surface area contributed by atoms with Gasteiger partial charge in [0, 0.05) is 4.47 Å². The van der Waals surface area contributed by atoms with Crippen molar-refractivity contribution in [3.63, 3.8) is 0 Å². The molecule has 0 radical (unpaired) electrons. The summed E-state index contributed by atoms with van der Waals surface area (Å²) in [7, 11) is -3.26. The van der Waals surface area contributed by atoms with Gasteiger partial charge in [0.25, 0.3) is 0 Å². The van der Waals surface area contributed by atoms with E-state index in [2.05, 4.69) is 22.9 Å². The number of nitrogens with two attached hydrogens (primary N) is 1. The largest absolute Gasteiger partial charge is 0.398 e. The molecule has 6 heteroatoms. The highest BCUT2D eigenvalue weighted by molar-refractivity contribution is 9.10. The number of benzene rings is 1. The van der Waals surface area contributed by atoms with E-state index >= 15 is 0 Å². The van der Waals surface area contributed by atoms with Gasteiger partial charge >= 0.3 is 0 Å². The van der Waals surface area contributed by atoms with Crippen LogP contribution in [-0.2, 0) is 9.84 Å². The third-order valence-electron chi connectivity index (χ3n) is 2.22. The van der Waals surface area contributed by atoms with Crippen LogP contribution in [-0.4, -0.2) is 25.7 Å². The van der Waals surface area contributed by atoms with Crippen molar-refractivity contribution in [2.45, 2.75) is 18.2 Å². The van der Waals surface area contributed by atoms with Crippen molar-refractivity contribution >= 4 is 43.2 Å². The Balaban J connectivity index is 2.79. The van der Waals surface area contributed by atoms with Crippen molar-refractivity contribution in [3.8, 4) is 0 Å². The van der Waals surface area contributed by atoms with E-state index in [1.54, 1.807) is 30.0 Å². The number of thioether (sulfide) groups is 1. The quantitative estimate of drug-likeness (QED) is 0.640. The van der Waals surface area contributed by atoms with Gasteiger partial charge in [-0.05, 0) is 36.1 Å². The number of nitrogen functional groups attached to an aromatic ring is 1. The molecule has 0 bridgehead atoms. The molecular weight excluding hydrogens is 322 g/mol. The summed E-state index contributed by atoms with van der Waals surface area (Å²) in [5, 5.41) is 0. The fourth-order valence-corrected chi connectivity index (χ4v) is 4.19. The summed E-state index contributed by atoms with van der Waals surface area (Å²) in [4.78, 5) is 0.230. The average Bonchev–Trinajstić information content (AvgIpc) is 2.28. The molecule has 0 aliphatic heterocycles. The lowest BCUT2D eigenvalue weighted by Crippen LogP contribution is -2.10. The zero-order chi connectivity index (χ0) is 12.9. The highest BCUT2D eigenvalue weighted by Gasteiger charge is 2.17. The molecule has 0 spiro atoms. The van der Waals surface area contributed by atoms with Gasteiger partial charge < -0.3 is 5.73 Å². The maximum absolute atomic E-state index is 12.1. The van der Waals surface area contributed by atoms with Crippen molar-refractivity contribution in [2.24, 2.45) is 0 Å². The lowest BCUT2D eigenvalue weighted by atomic mass is 10.3. The van der Waals surface area contributed by atoms with E-state index in [0.717, 1.165) is 16.0 Å². The summed E-state index contributed by atoms with van der Waals surface area (Å²) in [6, 6.07) is 4.91. The van der Waals surface area contributed by atoms with Gasteiger partial charge in [-0.1, -0.05) is 22.9 Å². The van der Waals surface area contributed by atoms with Crippen LogP contribution in [0.3, 0.4) is 0 Å². The lowest BCUT2D eigenvalue weighted by molar-refractivity contribution is 0.595. The zero-order valence-electron chi connectivity index (χ0n) is 9.65. The van der Waals surface area contributed by atoms with E-state index in [9.17, 15) is 8.42 Å². The Kier molecular flexibility index (Phi) is 5.82. The van der Waals surface area contributed by atoms with Gasteiger partial charge in [0.15, 0.2) is 9.84 Å². The molecule has 0 fully saturated rings. The lowest BCUT2D eigenvalue weighted by Gasteiger charge is -2.07. The minimum absolute atomic E-state index is 0.153. The van der Waals surface area contributed by atoms with Gasteiger partial charge in [-0.2, -0.15) is 11.8 Å². The Morgan fingerprint density at radius 1 is 1.41 bits per heavy atom. The molecule has 17 heavy (non-hydrogen) atoms. The molecule has 0 saturated carbocycles. The van der Waals surface area contributed by atoms with Gasteiger partial charge in [0.2, 0.25) is 0 Å². The first-order valence-corrected chi connectivity index (χ1v) is 8.93. The Labute approximate surface area is 115 Å². The molecule has 96 valence electrons. The maximum atomic E-state index is 12.1. The Hall–Kier alpha value is -0.200. The van der Waals surface area contributed by atoms with Gasteiger partial charge in [0.05, 0.1) is 16.3 Å². The standard InChI is InChI=1S/C11H16BrNO2S2/c1-2-16-6-3-7-17(14,15)11-8-9(12)4-5-10(11)13/h4-5,8H,2-3,6-7,13H2,1H3. The third kappa shape index (κ3) is 4.52. The fourth-order valence-electron chi connectivity index (χ4n) is 1.38. The molecule has 0 amide bonds. The van der Waals surface area contributed by atoms with Crippen LogP contribution in [0.1, 0.15) is 13.3 Å². The van der Waals surface area contributed by atoms with Gasteiger partial charge in [-0.3, -0.25) is 0 Å². The molecule has 2 N–H and O–H groups in total. The first-order valence-electron chi connectivity index (χ1n) is 5.33. The average molecular weight is 338 g/mol. The molecule has 0 aliphatic carbocycles. The second-order valence-electron chi connectivity index (χ2n) is 3.55. The molecular formula is C11H16BrNO2S2. The van der Waals surface area contributed by atoms with Crippen molar-refractivity contribution < 1.29 is 8.42 Å². The van der Waals surface area contributed by atoms with E-state index in [4.69, 9.17) is 5.73 Å². The molecule has 1 rings (SSSR count). The Morgan fingerprint density at radius 3 is 2.76 bits per heavy atom. The van der Waals surface area contributed by atoms with Crippen LogP contribution >= 0.6 is 27.7 Å². The predicted molar refractivity (Wildman–Crippen MR) is 78.2 cm³/mol. The number of sulfone groups is 1. The first kappa shape index (κ1) is 14.9. The summed E-state index contributed by atoms with van der Waals surface area (Å²) in [5.74, 6) is 2.03. The van der Waals surface area contributed by atoms with E-state index in [1.165, 1.54) is 0 Å². The smallest absolute Gasteiger partial charge is 0.180 e. The summed E-state index contributed by atoms with van der Waals surface area (Å²) in [6.07, 6.45) is 0.660. The van der Waals surface area contributed by atoms with Crippen LogP contribution in [0.4, 0.5) is 5.69 Å². The second-order valence-corrected chi connectivity index (χ2v) is 7.94. The van der Waals surface area contributed by atoms with E-state index in [1.807, 2.05) is 0 Å². The molecule has 0 heterocycles. The molecule has 0 atom stereocenters. The van der Waals surface area contributed by atoms with Crippen LogP contribution < -0.4 is 5.73 Å².